The van der Waals surface area contributed by atoms with Crippen LogP contribution >= 0.6 is 0 Å². The number of ether oxygens (including phenoxy) is 3. The predicted octanol–water partition coefficient (Wildman–Crippen LogP) is 1.29. The Kier molecular flexibility index (Phi) is 5.50. The minimum Gasteiger partial charge on any atom is -0.466 e. The van der Waals surface area contributed by atoms with E-state index in [0.717, 1.165) is 0 Å². The van der Waals surface area contributed by atoms with Crippen molar-refractivity contribution in [3.05, 3.63) is 40.8 Å². The van der Waals surface area contributed by atoms with E-state index < -0.39 is 17.8 Å². The summed E-state index contributed by atoms with van der Waals surface area (Å²) in [5.41, 5.74) is 0.592. The highest BCUT2D eigenvalue weighted by Crippen LogP contribution is 2.28. The van der Waals surface area contributed by atoms with Crippen molar-refractivity contribution >= 4 is 17.6 Å². The molecule has 1 aromatic rings. The lowest BCUT2D eigenvalue weighted by Crippen LogP contribution is -2.38. The van der Waals surface area contributed by atoms with Crippen LogP contribution in [0.4, 0.5) is 10.1 Å². The number of carbonyl (C=O) groups is 2. The fourth-order valence-corrected chi connectivity index (χ4v) is 2.33. The molecule has 0 bridgehead atoms. The van der Waals surface area contributed by atoms with Gasteiger partial charge in [-0.15, -0.1) is 0 Å². The van der Waals surface area contributed by atoms with Crippen LogP contribution in [-0.2, 0) is 30.2 Å². The number of halogens is 1. The zero-order valence-corrected chi connectivity index (χ0v) is 13.2. The van der Waals surface area contributed by atoms with Crippen LogP contribution in [0.3, 0.4) is 0 Å². The van der Waals surface area contributed by atoms with Crippen molar-refractivity contribution in [2.45, 2.75) is 6.42 Å². The van der Waals surface area contributed by atoms with Crippen LogP contribution < -0.4 is 4.90 Å². The maximum atomic E-state index is 13.8. The fraction of sp³-hybridized carbons (Fsp3) is 0.312. The molecule has 1 aliphatic heterocycles. The first kappa shape index (κ1) is 17.4. The summed E-state index contributed by atoms with van der Waals surface area (Å²) in [4.78, 5) is 25.4. The van der Waals surface area contributed by atoms with E-state index in [1.807, 2.05) is 6.07 Å². The Hall–Kier alpha value is -2.92. The third kappa shape index (κ3) is 3.52. The average molecular weight is 334 g/mol. The van der Waals surface area contributed by atoms with Crippen LogP contribution in [0.25, 0.3) is 0 Å². The standard InChI is InChI=1S/C16H15FN2O5/c1-22-15(20)13-8-24-9-19(14(13)16(21)23-2)12-6-10(3-4-18)5-11(17)7-12/h5-7H,3,8-9H2,1-2H3. The minimum absolute atomic E-state index is 0.000583. The molecule has 0 N–H and O–H groups in total. The Morgan fingerprint density at radius 2 is 2.00 bits per heavy atom. The molecule has 0 radical (unpaired) electrons. The first-order valence-electron chi connectivity index (χ1n) is 6.93. The summed E-state index contributed by atoms with van der Waals surface area (Å²) in [6, 6.07) is 5.87. The van der Waals surface area contributed by atoms with Gasteiger partial charge in [0.05, 0.1) is 38.9 Å². The number of nitriles is 1. The molecule has 0 unspecified atom stereocenters. The Labute approximate surface area is 137 Å². The molecule has 0 spiro atoms. The number of benzene rings is 1. The highest BCUT2D eigenvalue weighted by atomic mass is 19.1. The summed E-state index contributed by atoms with van der Waals surface area (Å²) in [7, 11) is 2.35. The molecule has 0 saturated carbocycles. The number of rotatable bonds is 4. The SMILES string of the molecule is COC(=O)C1=C(C(=O)OC)N(c2cc(F)cc(CC#N)c2)COC1. The van der Waals surface area contributed by atoms with E-state index in [9.17, 15) is 14.0 Å². The molecule has 7 nitrogen and oxygen atoms in total. The molecular formula is C16H15FN2O5. The number of hydrogen-bond acceptors (Lipinski definition) is 7. The third-order valence-electron chi connectivity index (χ3n) is 3.37. The van der Waals surface area contributed by atoms with Crippen molar-refractivity contribution in [2.24, 2.45) is 0 Å². The summed E-state index contributed by atoms with van der Waals surface area (Å²) in [6.45, 7) is -0.214. The van der Waals surface area contributed by atoms with E-state index in [1.54, 1.807) is 6.07 Å². The van der Waals surface area contributed by atoms with E-state index in [4.69, 9.17) is 14.7 Å². The molecule has 0 amide bonds. The molecule has 1 aromatic carbocycles. The highest BCUT2D eigenvalue weighted by molar-refractivity contribution is 6.03. The van der Waals surface area contributed by atoms with Gasteiger partial charge in [0.15, 0.2) is 0 Å². The molecule has 0 fully saturated rings. The van der Waals surface area contributed by atoms with Crippen molar-refractivity contribution in [1.82, 2.24) is 0 Å². The Morgan fingerprint density at radius 3 is 2.62 bits per heavy atom. The molecular weight excluding hydrogens is 319 g/mol. The zero-order valence-electron chi connectivity index (χ0n) is 13.2. The molecule has 1 aliphatic rings. The molecule has 24 heavy (non-hydrogen) atoms. The number of methoxy groups -OCH3 is 2. The van der Waals surface area contributed by atoms with E-state index in [-0.39, 0.29) is 36.7 Å². The van der Waals surface area contributed by atoms with E-state index in [1.165, 1.54) is 31.3 Å². The number of nitrogens with zero attached hydrogens (tertiary/aromatic N) is 2. The summed E-state index contributed by atoms with van der Waals surface area (Å²) in [5, 5.41) is 8.78. The van der Waals surface area contributed by atoms with Gasteiger partial charge in [0.25, 0.3) is 0 Å². The number of carbonyl (C=O) groups excluding carboxylic acids is 2. The van der Waals surface area contributed by atoms with Crippen LogP contribution in [0.5, 0.6) is 0 Å². The van der Waals surface area contributed by atoms with Crippen LogP contribution in [0.15, 0.2) is 29.5 Å². The zero-order chi connectivity index (χ0) is 17.7. The largest absolute Gasteiger partial charge is 0.466 e. The third-order valence-corrected chi connectivity index (χ3v) is 3.37. The van der Waals surface area contributed by atoms with Gasteiger partial charge in [0.2, 0.25) is 0 Å². The topological polar surface area (TPSA) is 88.9 Å². The van der Waals surface area contributed by atoms with Gasteiger partial charge in [0.1, 0.15) is 18.2 Å². The van der Waals surface area contributed by atoms with Gasteiger partial charge in [0, 0.05) is 5.69 Å². The molecule has 0 aliphatic carbocycles. The molecule has 126 valence electrons. The van der Waals surface area contributed by atoms with Gasteiger partial charge in [-0.25, -0.2) is 14.0 Å². The summed E-state index contributed by atoms with van der Waals surface area (Å²) in [6.07, 6.45) is 0.000583. The lowest BCUT2D eigenvalue weighted by atomic mass is 10.1. The molecule has 8 heteroatoms. The van der Waals surface area contributed by atoms with E-state index in [0.29, 0.717) is 5.56 Å². The lowest BCUT2D eigenvalue weighted by molar-refractivity contribution is -0.140. The lowest BCUT2D eigenvalue weighted by Gasteiger charge is -2.31. The van der Waals surface area contributed by atoms with Gasteiger partial charge >= 0.3 is 11.9 Å². The first-order chi connectivity index (χ1) is 11.5. The van der Waals surface area contributed by atoms with Crippen LogP contribution in [0, 0.1) is 17.1 Å². The maximum Gasteiger partial charge on any atom is 0.355 e. The Morgan fingerprint density at radius 1 is 1.29 bits per heavy atom. The molecule has 0 aromatic heterocycles. The van der Waals surface area contributed by atoms with Gasteiger partial charge in [-0.05, 0) is 23.8 Å². The monoisotopic (exact) mass is 334 g/mol. The van der Waals surface area contributed by atoms with Crippen molar-refractivity contribution in [2.75, 3.05) is 32.5 Å². The molecule has 1 heterocycles. The molecule has 0 atom stereocenters. The van der Waals surface area contributed by atoms with Crippen molar-refractivity contribution in [3.8, 4) is 6.07 Å². The Bertz CT molecular complexity index is 738. The maximum absolute atomic E-state index is 13.8. The number of esters is 2. The second-order valence-electron chi connectivity index (χ2n) is 4.87. The van der Waals surface area contributed by atoms with Crippen LogP contribution in [-0.4, -0.2) is 39.5 Å². The van der Waals surface area contributed by atoms with Gasteiger partial charge < -0.3 is 19.1 Å². The number of hydrogen-bond donors (Lipinski definition) is 0. The Balaban J connectivity index is 2.57. The smallest absolute Gasteiger partial charge is 0.355 e. The average Bonchev–Trinajstić information content (AvgIpc) is 2.59. The quantitative estimate of drug-likeness (QED) is 0.766. The van der Waals surface area contributed by atoms with Crippen LogP contribution in [0.1, 0.15) is 5.56 Å². The fourth-order valence-electron chi connectivity index (χ4n) is 2.33. The molecule has 0 saturated heterocycles. The first-order valence-corrected chi connectivity index (χ1v) is 6.93. The summed E-state index contributed by atoms with van der Waals surface area (Å²) >= 11 is 0. The minimum atomic E-state index is -0.773. The van der Waals surface area contributed by atoms with Gasteiger partial charge in [-0.3, -0.25) is 0 Å². The van der Waals surface area contributed by atoms with Crippen molar-refractivity contribution in [3.63, 3.8) is 0 Å². The second kappa shape index (κ2) is 7.57. The van der Waals surface area contributed by atoms with Crippen molar-refractivity contribution in [1.29, 1.82) is 5.26 Å². The van der Waals surface area contributed by atoms with E-state index >= 15 is 0 Å². The highest BCUT2D eigenvalue weighted by Gasteiger charge is 2.32. The summed E-state index contributed by atoms with van der Waals surface area (Å²) < 4.78 is 28.5. The normalized spacial score (nSPS) is 14.2. The van der Waals surface area contributed by atoms with Crippen molar-refractivity contribution < 1.29 is 28.2 Å². The van der Waals surface area contributed by atoms with Gasteiger partial charge in [-0.1, -0.05) is 0 Å². The second-order valence-corrected chi connectivity index (χ2v) is 4.87. The predicted molar refractivity (Wildman–Crippen MR) is 80.1 cm³/mol. The van der Waals surface area contributed by atoms with Gasteiger partial charge in [-0.2, -0.15) is 5.26 Å². The molecule has 2 rings (SSSR count). The van der Waals surface area contributed by atoms with E-state index in [2.05, 4.69) is 4.74 Å². The summed E-state index contributed by atoms with van der Waals surface area (Å²) in [5.74, 6) is -2.09. The number of anilines is 1. The van der Waals surface area contributed by atoms with Crippen LogP contribution in [0.2, 0.25) is 0 Å².